The minimum atomic E-state index is -1.27. The van der Waals surface area contributed by atoms with Crippen molar-refractivity contribution in [2.24, 2.45) is 4.99 Å². The van der Waals surface area contributed by atoms with Crippen molar-refractivity contribution in [2.75, 3.05) is 0 Å². The highest BCUT2D eigenvalue weighted by Gasteiger charge is 2.31. The van der Waals surface area contributed by atoms with Crippen LogP contribution in [0.5, 0.6) is 0 Å². The van der Waals surface area contributed by atoms with Gasteiger partial charge in [0.1, 0.15) is 6.07 Å². The topological polar surface area (TPSA) is 62.5 Å². The lowest BCUT2D eigenvalue weighted by Crippen LogP contribution is -2.31. The maximum atomic E-state index is 11.3. The number of carbonyl (C=O) groups is 1. The molecule has 0 spiro atoms. The molecule has 104 valence electrons. The predicted molar refractivity (Wildman–Crippen MR) is 80.5 cm³/mol. The molecule has 0 bridgehead atoms. The van der Waals surface area contributed by atoms with Gasteiger partial charge in [0.25, 0.3) is 0 Å². The van der Waals surface area contributed by atoms with Crippen molar-refractivity contribution in [3.8, 4) is 6.07 Å². The molecule has 0 N–H and O–H groups in total. The molecule has 0 radical (unpaired) electrons. The third-order valence-electron chi connectivity index (χ3n) is 2.94. The molecule has 0 saturated carbocycles. The van der Waals surface area contributed by atoms with Crippen molar-refractivity contribution in [1.82, 2.24) is 0 Å². The maximum Gasteiger partial charge on any atom is 0.332 e. The van der Waals surface area contributed by atoms with E-state index in [9.17, 15) is 10.1 Å². The van der Waals surface area contributed by atoms with Crippen molar-refractivity contribution in [1.29, 1.82) is 5.26 Å². The Morgan fingerprint density at radius 1 is 1.43 bits per heavy atom. The number of nitriles is 1. The van der Waals surface area contributed by atoms with E-state index in [4.69, 9.17) is 4.74 Å². The highest BCUT2D eigenvalue weighted by atomic mass is 16.6. The summed E-state index contributed by atoms with van der Waals surface area (Å²) in [5.41, 5.74) is 0.443. The number of allylic oxidation sites excluding steroid dienone is 1. The van der Waals surface area contributed by atoms with E-state index in [1.54, 1.807) is 24.4 Å². The Morgan fingerprint density at radius 3 is 2.76 bits per heavy atom. The summed E-state index contributed by atoms with van der Waals surface area (Å²) in [7, 11) is 0. The first-order valence-corrected chi connectivity index (χ1v) is 6.43. The fourth-order valence-corrected chi connectivity index (χ4v) is 1.80. The van der Waals surface area contributed by atoms with Crippen LogP contribution in [0, 0.1) is 11.3 Å². The molecule has 0 heterocycles. The highest BCUT2D eigenvalue weighted by molar-refractivity contribution is 5.82. The number of esters is 1. The van der Waals surface area contributed by atoms with E-state index in [2.05, 4.69) is 11.6 Å². The van der Waals surface area contributed by atoms with Gasteiger partial charge in [-0.05, 0) is 17.7 Å². The fraction of sp³-hybridized carbons (Fsp3) is 0.118. The zero-order chi connectivity index (χ0) is 15.1. The molecular weight excluding hydrogens is 264 g/mol. The summed E-state index contributed by atoms with van der Waals surface area (Å²) in [4.78, 5) is 15.6. The van der Waals surface area contributed by atoms with E-state index in [1.807, 2.05) is 36.4 Å². The number of rotatable bonds is 4. The van der Waals surface area contributed by atoms with Crippen molar-refractivity contribution >= 4 is 12.2 Å². The number of carbonyl (C=O) groups excluding carboxylic acids is 1. The van der Waals surface area contributed by atoms with Crippen molar-refractivity contribution < 1.29 is 9.53 Å². The van der Waals surface area contributed by atoms with Crippen LogP contribution in [0.2, 0.25) is 0 Å². The largest absolute Gasteiger partial charge is 0.436 e. The molecule has 1 atom stereocenters. The predicted octanol–water partition coefficient (Wildman–Crippen LogP) is 2.94. The van der Waals surface area contributed by atoms with E-state index in [1.165, 1.54) is 0 Å². The average molecular weight is 278 g/mol. The van der Waals surface area contributed by atoms with Gasteiger partial charge in [-0.3, -0.25) is 4.99 Å². The summed E-state index contributed by atoms with van der Waals surface area (Å²) >= 11 is 0. The maximum absolute atomic E-state index is 11.3. The molecule has 2 rings (SSSR count). The van der Waals surface area contributed by atoms with Crippen LogP contribution in [0.15, 0.2) is 71.9 Å². The molecule has 1 aliphatic rings. The third kappa shape index (κ3) is 3.77. The molecule has 4 nitrogen and oxygen atoms in total. The van der Waals surface area contributed by atoms with Crippen LogP contribution in [0.3, 0.4) is 0 Å². The number of aliphatic imine (C=N–C) groups is 1. The van der Waals surface area contributed by atoms with Crippen LogP contribution in [-0.2, 0) is 9.53 Å². The van der Waals surface area contributed by atoms with Gasteiger partial charge >= 0.3 is 5.97 Å². The summed E-state index contributed by atoms with van der Waals surface area (Å²) in [6.45, 7) is 3.32. The summed E-state index contributed by atoms with van der Waals surface area (Å²) in [6.07, 6.45) is 8.03. The van der Waals surface area contributed by atoms with Crippen LogP contribution in [0.1, 0.15) is 12.0 Å². The summed E-state index contributed by atoms with van der Waals surface area (Å²) < 4.78 is 5.09. The van der Waals surface area contributed by atoms with Crippen molar-refractivity contribution in [3.05, 3.63) is 72.5 Å². The third-order valence-corrected chi connectivity index (χ3v) is 2.94. The van der Waals surface area contributed by atoms with Gasteiger partial charge in [0.2, 0.25) is 5.60 Å². The first-order chi connectivity index (χ1) is 10.2. The van der Waals surface area contributed by atoms with Gasteiger partial charge in [0.15, 0.2) is 0 Å². The Hall–Kier alpha value is -2.93. The molecule has 0 aliphatic heterocycles. The number of benzene rings is 1. The SMILES string of the molecule is C=CC(=O)OC1(C#N)C=CC(N=Cc2ccccc2)=CC1. The van der Waals surface area contributed by atoms with Crippen LogP contribution >= 0.6 is 0 Å². The van der Waals surface area contributed by atoms with E-state index in [0.717, 1.165) is 17.3 Å². The number of hydrogen-bond donors (Lipinski definition) is 0. The van der Waals surface area contributed by atoms with Crippen LogP contribution in [-0.4, -0.2) is 17.8 Å². The lowest BCUT2D eigenvalue weighted by molar-refractivity contribution is -0.144. The van der Waals surface area contributed by atoms with Gasteiger partial charge in [-0.15, -0.1) is 0 Å². The van der Waals surface area contributed by atoms with E-state index in [-0.39, 0.29) is 6.42 Å². The van der Waals surface area contributed by atoms with Gasteiger partial charge in [-0.25, -0.2) is 4.79 Å². The second-order valence-corrected chi connectivity index (χ2v) is 4.46. The molecule has 1 aromatic rings. The molecule has 0 fully saturated rings. The van der Waals surface area contributed by atoms with Gasteiger partial charge in [0, 0.05) is 18.7 Å². The van der Waals surface area contributed by atoms with Crippen LogP contribution in [0.4, 0.5) is 0 Å². The molecule has 1 aliphatic carbocycles. The number of ether oxygens (including phenoxy) is 1. The Morgan fingerprint density at radius 2 is 2.19 bits per heavy atom. The minimum absolute atomic E-state index is 0.265. The molecular formula is C17H14N2O2. The first-order valence-electron chi connectivity index (χ1n) is 6.43. The average Bonchev–Trinajstić information content (AvgIpc) is 2.55. The summed E-state index contributed by atoms with van der Waals surface area (Å²) in [5, 5.41) is 9.20. The lowest BCUT2D eigenvalue weighted by Gasteiger charge is -2.23. The van der Waals surface area contributed by atoms with E-state index < -0.39 is 11.6 Å². The van der Waals surface area contributed by atoms with Crippen molar-refractivity contribution in [3.63, 3.8) is 0 Å². The Kier molecular flexibility index (Phi) is 4.47. The second kappa shape index (κ2) is 6.49. The van der Waals surface area contributed by atoms with Gasteiger partial charge < -0.3 is 4.74 Å². The van der Waals surface area contributed by atoms with Gasteiger partial charge in [0.05, 0.1) is 5.70 Å². The zero-order valence-corrected chi connectivity index (χ0v) is 11.4. The minimum Gasteiger partial charge on any atom is -0.436 e. The van der Waals surface area contributed by atoms with Crippen LogP contribution < -0.4 is 0 Å². The van der Waals surface area contributed by atoms with E-state index >= 15 is 0 Å². The smallest absolute Gasteiger partial charge is 0.332 e. The normalized spacial score (nSPS) is 20.6. The fourth-order valence-electron chi connectivity index (χ4n) is 1.80. The monoisotopic (exact) mass is 278 g/mol. The second-order valence-electron chi connectivity index (χ2n) is 4.46. The van der Waals surface area contributed by atoms with Crippen LogP contribution in [0.25, 0.3) is 0 Å². The molecule has 0 amide bonds. The molecule has 0 saturated heterocycles. The van der Waals surface area contributed by atoms with E-state index in [0.29, 0.717) is 0 Å². The number of nitrogens with zero attached hydrogens (tertiary/aromatic N) is 2. The van der Waals surface area contributed by atoms with Crippen molar-refractivity contribution in [2.45, 2.75) is 12.0 Å². The molecule has 21 heavy (non-hydrogen) atoms. The Labute approximate surface area is 123 Å². The highest BCUT2D eigenvalue weighted by Crippen LogP contribution is 2.25. The molecule has 1 unspecified atom stereocenters. The van der Waals surface area contributed by atoms with Gasteiger partial charge in [-0.1, -0.05) is 43.0 Å². The standard InChI is InChI=1S/C17H14N2O2/c1-2-16(20)21-17(13-18)10-8-15(9-11-17)19-12-14-6-4-3-5-7-14/h2-10,12H,1,11H2. The molecule has 4 heteroatoms. The number of hydrogen-bond acceptors (Lipinski definition) is 4. The summed E-state index contributed by atoms with van der Waals surface area (Å²) in [5.74, 6) is -0.620. The Bertz CT molecular complexity index is 666. The lowest BCUT2D eigenvalue weighted by atomic mass is 9.95. The quantitative estimate of drug-likeness (QED) is 0.483. The van der Waals surface area contributed by atoms with Gasteiger partial charge in [-0.2, -0.15) is 5.26 Å². The molecule has 1 aromatic carbocycles. The Balaban J connectivity index is 2.07. The summed E-state index contributed by atoms with van der Waals surface area (Å²) in [6, 6.07) is 11.7. The first kappa shape index (κ1) is 14.5. The molecule has 0 aromatic heterocycles. The zero-order valence-electron chi connectivity index (χ0n) is 11.4.